The van der Waals surface area contributed by atoms with Gasteiger partial charge in [0.25, 0.3) is 5.91 Å². The topological polar surface area (TPSA) is 67.9 Å². The van der Waals surface area contributed by atoms with Gasteiger partial charge in [0.05, 0.1) is 7.11 Å². The summed E-state index contributed by atoms with van der Waals surface area (Å²) >= 11 is 0. The summed E-state index contributed by atoms with van der Waals surface area (Å²) in [4.78, 5) is 27.7. The van der Waals surface area contributed by atoms with Gasteiger partial charge >= 0.3 is 0 Å². The largest absolute Gasteiger partial charge is 0.493 e. The highest BCUT2D eigenvalue weighted by atomic mass is 16.5. The summed E-state index contributed by atoms with van der Waals surface area (Å²) in [5, 5.41) is 3.01. The number of rotatable bonds is 12. The van der Waals surface area contributed by atoms with Gasteiger partial charge in [0.2, 0.25) is 5.91 Å². The number of methoxy groups -OCH3 is 1. The first-order valence-electron chi connectivity index (χ1n) is 10.9. The van der Waals surface area contributed by atoms with Gasteiger partial charge in [-0.25, -0.2) is 0 Å². The molecule has 0 unspecified atom stereocenters. The smallest absolute Gasteiger partial charge is 0.261 e. The average Bonchev–Trinajstić information content (AvgIpc) is 2.80. The second-order valence-electron chi connectivity index (χ2n) is 7.50. The van der Waals surface area contributed by atoms with E-state index in [1.165, 1.54) is 0 Å². The zero-order valence-electron chi connectivity index (χ0n) is 19.0. The van der Waals surface area contributed by atoms with Gasteiger partial charge in [-0.3, -0.25) is 9.59 Å². The summed E-state index contributed by atoms with van der Waals surface area (Å²) in [5.41, 5.74) is 1.11. The van der Waals surface area contributed by atoms with Crippen molar-refractivity contribution in [3.8, 4) is 11.5 Å². The van der Waals surface area contributed by atoms with Crippen LogP contribution in [0.2, 0.25) is 0 Å². The van der Waals surface area contributed by atoms with Crippen molar-refractivity contribution in [1.82, 2.24) is 10.2 Å². The average molecular weight is 427 g/mol. The van der Waals surface area contributed by atoms with E-state index in [0.717, 1.165) is 12.0 Å². The van der Waals surface area contributed by atoms with Gasteiger partial charge < -0.3 is 19.7 Å². The normalized spacial score (nSPS) is 12.5. The van der Waals surface area contributed by atoms with Crippen LogP contribution in [0, 0.1) is 0 Å². The Morgan fingerprint density at radius 2 is 1.61 bits per heavy atom. The summed E-state index contributed by atoms with van der Waals surface area (Å²) in [5.74, 6) is 0.703. The van der Waals surface area contributed by atoms with Crippen molar-refractivity contribution in [3.05, 3.63) is 60.2 Å². The van der Waals surface area contributed by atoms with Crippen molar-refractivity contribution in [2.75, 3.05) is 20.3 Å². The van der Waals surface area contributed by atoms with E-state index in [2.05, 4.69) is 5.32 Å². The van der Waals surface area contributed by atoms with Crippen LogP contribution in [0.25, 0.3) is 0 Å². The number of hydrogen-bond acceptors (Lipinski definition) is 4. The zero-order chi connectivity index (χ0) is 22.6. The Kier molecular flexibility index (Phi) is 9.88. The third-order valence-corrected chi connectivity index (χ3v) is 5.29. The van der Waals surface area contributed by atoms with Crippen molar-refractivity contribution in [1.29, 1.82) is 0 Å². The lowest BCUT2D eigenvalue weighted by molar-refractivity contribution is -0.142. The van der Waals surface area contributed by atoms with Gasteiger partial charge in [-0.1, -0.05) is 56.3 Å². The van der Waals surface area contributed by atoms with E-state index in [1.54, 1.807) is 24.1 Å². The van der Waals surface area contributed by atoms with E-state index in [1.807, 2.05) is 63.2 Å². The van der Waals surface area contributed by atoms with Crippen LogP contribution in [0.5, 0.6) is 11.5 Å². The number of ether oxygens (including phenoxy) is 2. The molecular weight excluding hydrogens is 392 g/mol. The van der Waals surface area contributed by atoms with Gasteiger partial charge in [-0.15, -0.1) is 0 Å². The summed E-state index contributed by atoms with van der Waals surface area (Å²) in [6.07, 6.45) is 2.02. The molecule has 1 N–H and O–H groups in total. The number of benzene rings is 2. The standard InChI is InChI=1S/C25H34N2O4/c1-5-19(3)26-25(29)21(6-2)27(17-16-20-12-8-7-9-13-20)24(28)18-31-23-15-11-10-14-22(23)30-4/h7-15,19,21H,5-6,16-18H2,1-4H3,(H,26,29)/t19-,21-/m1/s1. The number of nitrogens with zero attached hydrogens (tertiary/aromatic N) is 1. The predicted octanol–water partition coefficient (Wildman–Crippen LogP) is 3.84. The fraction of sp³-hybridized carbons (Fsp3) is 0.440. The van der Waals surface area contributed by atoms with Crippen molar-refractivity contribution in [2.45, 2.75) is 52.1 Å². The van der Waals surface area contributed by atoms with Crippen LogP contribution in [0.1, 0.15) is 39.2 Å². The van der Waals surface area contributed by atoms with Crippen molar-refractivity contribution in [2.24, 2.45) is 0 Å². The maximum absolute atomic E-state index is 13.2. The van der Waals surface area contributed by atoms with Crippen molar-refractivity contribution in [3.63, 3.8) is 0 Å². The molecule has 0 spiro atoms. The Morgan fingerprint density at radius 3 is 2.23 bits per heavy atom. The Labute approximate surface area is 185 Å². The molecule has 2 atom stereocenters. The molecule has 168 valence electrons. The highest BCUT2D eigenvalue weighted by Gasteiger charge is 2.29. The predicted molar refractivity (Wildman–Crippen MR) is 122 cm³/mol. The number of carbonyl (C=O) groups excluding carboxylic acids is 2. The Balaban J connectivity index is 2.15. The molecule has 0 aliphatic heterocycles. The molecule has 0 saturated carbocycles. The quantitative estimate of drug-likeness (QED) is 0.560. The lowest BCUT2D eigenvalue weighted by Crippen LogP contribution is -2.52. The van der Waals surface area contributed by atoms with Crippen LogP contribution in [0.4, 0.5) is 0 Å². The fourth-order valence-corrected chi connectivity index (χ4v) is 3.30. The third-order valence-electron chi connectivity index (χ3n) is 5.29. The SMILES string of the molecule is CC[C@@H](C)NC(=O)[C@@H](CC)N(CCc1ccccc1)C(=O)COc1ccccc1OC. The van der Waals surface area contributed by atoms with Gasteiger partial charge in [0.15, 0.2) is 18.1 Å². The summed E-state index contributed by atoms with van der Waals surface area (Å²) in [7, 11) is 1.56. The number of amides is 2. The first kappa shape index (κ1) is 24.3. The summed E-state index contributed by atoms with van der Waals surface area (Å²) in [6.45, 7) is 6.18. The lowest BCUT2D eigenvalue weighted by Gasteiger charge is -2.31. The summed E-state index contributed by atoms with van der Waals surface area (Å²) in [6, 6.07) is 16.6. The third kappa shape index (κ3) is 7.31. The van der Waals surface area contributed by atoms with E-state index in [-0.39, 0.29) is 24.5 Å². The minimum Gasteiger partial charge on any atom is -0.493 e. The molecule has 2 rings (SSSR count). The minimum atomic E-state index is -0.550. The Hall–Kier alpha value is -3.02. The van der Waals surface area contributed by atoms with Crippen molar-refractivity contribution < 1.29 is 19.1 Å². The van der Waals surface area contributed by atoms with Gasteiger partial charge in [0, 0.05) is 12.6 Å². The molecule has 0 aliphatic rings. The Morgan fingerprint density at radius 1 is 0.968 bits per heavy atom. The molecule has 0 aromatic heterocycles. The lowest BCUT2D eigenvalue weighted by atomic mass is 10.1. The first-order valence-corrected chi connectivity index (χ1v) is 10.9. The molecule has 6 heteroatoms. The fourth-order valence-electron chi connectivity index (χ4n) is 3.30. The number of carbonyl (C=O) groups is 2. The first-order chi connectivity index (χ1) is 15.0. The van der Waals surface area contributed by atoms with Crippen LogP contribution >= 0.6 is 0 Å². The molecule has 2 aromatic rings. The summed E-state index contributed by atoms with van der Waals surface area (Å²) < 4.78 is 11.0. The number of hydrogen-bond donors (Lipinski definition) is 1. The molecule has 2 amide bonds. The van der Waals surface area contributed by atoms with Crippen LogP contribution in [0.15, 0.2) is 54.6 Å². The molecule has 0 aliphatic carbocycles. The van der Waals surface area contributed by atoms with Crippen molar-refractivity contribution >= 4 is 11.8 Å². The molecule has 0 bridgehead atoms. The van der Waals surface area contributed by atoms with E-state index in [0.29, 0.717) is 30.9 Å². The highest BCUT2D eigenvalue weighted by molar-refractivity contribution is 5.88. The van der Waals surface area contributed by atoms with Crippen LogP contribution < -0.4 is 14.8 Å². The molecule has 6 nitrogen and oxygen atoms in total. The van der Waals surface area contributed by atoms with Gasteiger partial charge in [-0.2, -0.15) is 0 Å². The van der Waals surface area contributed by atoms with E-state index < -0.39 is 6.04 Å². The number of para-hydroxylation sites is 2. The second-order valence-corrected chi connectivity index (χ2v) is 7.50. The molecule has 31 heavy (non-hydrogen) atoms. The molecule has 0 fully saturated rings. The van der Waals surface area contributed by atoms with Crippen LogP contribution in [-0.2, 0) is 16.0 Å². The maximum Gasteiger partial charge on any atom is 0.261 e. The Bertz CT molecular complexity index is 825. The molecule has 0 radical (unpaired) electrons. The van der Waals surface area contributed by atoms with Crippen LogP contribution in [0.3, 0.4) is 0 Å². The highest BCUT2D eigenvalue weighted by Crippen LogP contribution is 2.25. The van der Waals surface area contributed by atoms with Gasteiger partial charge in [-0.05, 0) is 43.9 Å². The van der Waals surface area contributed by atoms with Crippen LogP contribution in [-0.4, -0.2) is 49.1 Å². The van der Waals surface area contributed by atoms with E-state index in [9.17, 15) is 9.59 Å². The van der Waals surface area contributed by atoms with Gasteiger partial charge in [0.1, 0.15) is 6.04 Å². The molecular formula is C25H34N2O4. The minimum absolute atomic E-state index is 0.0532. The maximum atomic E-state index is 13.2. The van der Waals surface area contributed by atoms with E-state index >= 15 is 0 Å². The van der Waals surface area contributed by atoms with E-state index in [4.69, 9.17) is 9.47 Å². The molecule has 2 aromatic carbocycles. The molecule has 0 saturated heterocycles. The number of nitrogens with one attached hydrogen (secondary N) is 1. The molecule has 0 heterocycles. The zero-order valence-corrected chi connectivity index (χ0v) is 19.0. The second kappa shape index (κ2) is 12.6. The monoisotopic (exact) mass is 426 g/mol.